The van der Waals surface area contributed by atoms with Gasteiger partial charge in [0.1, 0.15) is 11.4 Å². The number of carbonyl (C=O) groups excluding carboxylic acids is 1. The summed E-state index contributed by atoms with van der Waals surface area (Å²) >= 11 is 0. The van der Waals surface area contributed by atoms with Crippen molar-refractivity contribution < 1.29 is 14.3 Å². The van der Waals surface area contributed by atoms with Crippen LogP contribution in [-0.2, 0) is 4.74 Å². The normalized spacial score (nSPS) is 10.7. The van der Waals surface area contributed by atoms with E-state index < -0.39 is 11.7 Å². The quantitative estimate of drug-likeness (QED) is 0.568. The number of benzene rings is 1. The highest BCUT2D eigenvalue weighted by Gasteiger charge is 2.16. The number of hydrogen-bond acceptors (Lipinski definition) is 5. The van der Waals surface area contributed by atoms with E-state index in [0.29, 0.717) is 17.1 Å². The third-order valence-electron chi connectivity index (χ3n) is 2.00. The summed E-state index contributed by atoms with van der Waals surface area (Å²) in [7, 11) is 1.52. The van der Waals surface area contributed by atoms with Crippen LogP contribution in [0, 0.1) is 0 Å². The number of nitrogens with two attached hydrogens (primary N) is 1. The van der Waals surface area contributed by atoms with Gasteiger partial charge in [-0.2, -0.15) is 0 Å². The summed E-state index contributed by atoms with van der Waals surface area (Å²) in [6.07, 6.45) is -0.516. The van der Waals surface area contributed by atoms with Gasteiger partial charge in [0.15, 0.2) is 0 Å². The van der Waals surface area contributed by atoms with Gasteiger partial charge in [0, 0.05) is 11.8 Å². The highest BCUT2D eigenvalue weighted by Crippen LogP contribution is 2.27. The van der Waals surface area contributed by atoms with Gasteiger partial charge in [0.25, 0.3) is 0 Å². The van der Waals surface area contributed by atoms with E-state index in [-0.39, 0.29) is 0 Å². The molecule has 0 bridgehead atoms. The lowest BCUT2D eigenvalue weighted by molar-refractivity contribution is 0.0636. The molecule has 0 atom stereocenters. The number of hydrazine groups is 1. The molecule has 4 N–H and O–H groups in total. The Kier molecular flexibility index (Phi) is 4.38. The van der Waals surface area contributed by atoms with Gasteiger partial charge in [-0.1, -0.05) is 0 Å². The van der Waals surface area contributed by atoms with Crippen molar-refractivity contribution in [3.05, 3.63) is 18.2 Å². The van der Waals surface area contributed by atoms with Crippen LogP contribution in [0.25, 0.3) is 0 Å². The second-order valence-corrected chi connectivity index (χ2v) is 4.69. The molecular formula is C12H19N3O3. The van der Waals surface area contributed by atoms with Crippen LogP contribution < -0.4 is 21.3 Å². The minimum Gasteiger partial charge on any atom is -0.494 e. The molecular weight excluding hydrogens is 234 g/mol. The van der Waals surface area contributed by atoms with Gasteiger partial charge >= 0.3 is 6.09 Å². The molecule has 1 aromatic carbocycles. The first-order valence-corrected chi connectivity index (χ1v) is 5.50. The van der Waals surface area contributed by atoms with E-state index in [9.17, 15) is 4.79 Å². The molecule has 0 aromatic heterocycles. The molecule has 0 fully saturated rings. The van der Waals surface area contributed by atoms with E-state index in [1.165, 1.54) is 7.11 Å². The molecule has 0 saturated heterocycles. The fourth-order valence-corrected chi connectivity index (χ4v) is 1.31. The summed E-state index contributed by atoms with van der Waals surface area (Å²) in [5.41, 5.74) is 3.16. The first-order chi connectivity index (χ1) is 8.35. The molecule has 6 nitrogen and oxygen atoms in total. The second kappa shape index (κ2) is 5.59. The number of anilines is 2. The van der Waals surface area contributed by atoms with Crippen molar-refractivity contribution in [1.82, 2.24) is 0 Å². The van der Waals surface area contributed by atoms with Crippen molar-refractivity contribution in [3.8, 4) is 5.75 Å². The molecule has 1 amide bonds. The van der Waals surface area contributed by atoms with Crippen LogP contribution >= 0.6 is 0 Å². The Labute approximate surface area is 106 Å². The zero-order chi connectivity index (χ0) is 13.8. The van der Waals surface area contributed by atoms with Gasteiger partial charge < -0.3 is 14.9 Å². The molecule has 0 aliphatic rings. The topological polar surface area (TPSA) is 85.6 Å². The second-order valence-electron chi connectivity index (χ2n) is 4.69. The Morgan fingerprint density at radius 1 is 1.33 bits per heavy atom. The Balaban J connectivity index is 2.76. The molecule has 100 valence electrons. The molecule has 0 heterocycles. The fourth-order valence-electron chi connectivity index (χ4n) is 1.31. The number of methoxy groups -OCH3 is 1. The molecule has 6 heteroatoms. The van der Waals surface area contributed by atoms with Crippen molar-refractivity contribution in [2.24, 2.45) is 5.84 Å². The van der Waals surface area contributed by atoms with Gasteiger partial charge in [-0.25, -0.2) is 4.79 Å². The molecule has 0 saturated carbocycles. The first kappa shape index (κ1) is 14.1. The van der Waals surface area contributed by atoms with Crippen LogP contribution in [0.4, 0.5) is 16.2 Å². The Morgan fingerprint density at radius 2 is 2.00 bits per heavy atom. The standard InChI is InChI=1S/C12H19N3O3/c1-12(2,3)18-11(16)14-8-5-6-9(15-13)10(7-8)17-4/h5-7,15H,13H2,1-4H3,(H,14,16). The van der Waals surface area contributed by atoms with E-state index in [2.05, 4.69) is 10.7 Å². The summed E-state index contributed by atoms with van der Waals surface area (Å²) in [6, 6.07) is 5.05. The summed E-state index contributed by atoms with van der Waals surface area (Å²) < 4.78 is 10.3. The monoisotopic (exact) mass is 253 g/mol. The SMILES string of the molecule is COc1cc(NC(=O)OC(C)(C)C)ccc1NN. The Bertz CT molecular complexity index is 427. The number of ether oxygens (including phenoxy) is 2. The molecule has 0 aliphatic carbocycles. The average molecular weight is 253 g/mol. The predicted molar refractivity (Wildman–Crippen MR) is 70.7 cm³/mol. The number of rotatable bonds is 3. The minimum atomic E-state index is -0.535. The largest absolute Gasteiger partial charge is 0.494 e. The van der Waals surface area contributed by atoms with Crippen LogP contribution in [0.2, 0.25) is 0 Å². The summed E-state index contributed by atoms with van der Waals surface area (Å²) in [5, 5.41) is 2.61. The lowest BCUT2D eigenvalue weighted by atomic mass is 10.2. The van der Waals surface area contributed by atoms with Crippen molar-refractivity contribution in [3.63, 3.8) is 0 Å². The molecule has 0 aliphatic heterocycles. The zero-order valence-corrected chi connectivity index (χ0v) is 11.0. The smallest absolute Gasteiger partial charge is 0.412 e. The fraction of sp³-hybridized carbons (Fsp3) is 0.417. The highest BCUT2D eigenvalue weighted by atomic mass is 16.6. The lowest BCUT2D eigenvalue weighted by Gasteiger charge is -2.20. The van der Waals surface area contributed by atoms with Crippen LogP contribution in [-0.4, -0.2) is 18.8 Å². The maximum atomic E-state index is 11.6. The van der Waals surface area contributed by atoms with Gasteiger partial charge in [-0.05, 0) is 32.9 Å². The molecule has 0 spiro atoms. The van der Waals surface area contributed by atoms with Crippen molar-refractivity contribution in [1.29, 1.82) is 0 Å². The van der Waals surface area contributed by atoms with Crippen molar-refractivity contribution >= 4 is 17.5 Å². The van der Waals surface area contributed by atoms with Gasteiger partial charge in [-0.15, -0.1) is 0 Å². The van der Waals surface area contributed by atoms with Gasteiger partial charge in [0.05, 0.1) is 12.8 Å². The lowest BCUT2D eigenvalue weighted by Crippen LogP contribution is -2.27. The predicted octanol–water partition coefficient (Wildman–Crippen LogP) is 2.33. The van der Waals surface area contributed by atoms with E-state index in [1.807, 2.05) is 0 Å². The third kappa shape index (κ3) is 4.14. The third-order valence-corrected chi connectivity index (χ3v) is 2.00. The Morgan fingerprint density at radius 3 is 2.50 bits per heavy atom. The molecule has 1 aromatic rings. The van der Waals surface area contributed by atoms with Crippen LogP contribution in [0.1, 0.15) is 20.8 Å². The van der Waals surface area contributed by atoms with Crippen LogP contribution in [0.3, 0.4) is 0 Å². The molecule has 1 rings (SSSR count). The summed E-state index contributed by atoms with van der Waals surface area (Å²) in [6.45, 7) is 5.40. The van der Waals surface area contributed by atoms with Gasteiger partial charge in [0.2, 0.25) is 0 Å². The van der Waals surface area contributed by atoms with E-state index in [4.69, 9.17) is 15.3 Å². The van der Waals surface area contributed by atoms with Crippen LogP contribution in [0.15, 0.2) is 18.2 Å². The van der Waals surface area contributed by atoms with Crippen molar-refractivity contribution in [2.45, 2.75) is 26.4 Å². The first-order valence-electron chi connectivity index (χ1n) is 5.50. The molecule has 0 radical (unpaired) electrons. The summed E-state index contributed by atoms with van der Waals surface area (Å²) in [4.78, 5) is 11.6. The minimum absolute atomic E-state index is 0.516. The van der Waals surface area contributed by atoms with Gasteiger partial charge in [-0.3, -0.25) is 11.2 Å². The number of amides is 1. The number of hydrogen-bond donors (Lipinski definition) is 3. The van der Waals surface area contributed by atoms with E-state index in [1.54, 1.807) is 39.0 Å². The number of nitrogens with one attached hydrogen (secondary N) is 2. The van der Waals surface area contributed by atoms with Crippen molar-refractivity contribution in [2.75, 3.05) is 17.9 Å². The average Bonchev–Trinajstić information content (AvgIpc) is 2.26. The maximum absolute atomic E-state index is 11.6. The highest BCUT2D eigenvalue weighted by molar-refractivity contribution is 5.85. The molecule has 18 heavy (non-hydrogen) atoms. The maximum Gasteiger partial charge on any atom is 0.412 e. The Hall–Kier alpha value is -1.95. The van der Waals surface area contributed by atoms with Crippen LogP contribution in [0.5, 0.6) is 5.75 Å². The van der Waals surface area contributed by atoms with E-state index in [0.717, 1.165) is 0 Å². The number of nitrogen functional groups attached to an aromatic ring is 1. The zero-order valence-electron chi connectivity index (χ0n) is 11.0. The number of carbonyl (C=O) groups is 1. The summed E-state index contributed by atoms with van der Waals surface area (Å²) in [5.74, 6) is 5.85. The van der Waals surface area contributed by atoms with E-state index >= 15 is 0 Å². The molecule has 0 unspecified atom stereocenters.